The molecule has 4 rings (SSSR count). The van der Waals surface area contributed by atoms with E-state index in [-0.39, 0.29) is 6.61 Å². The third-order valence-electron chi connectivity index (χ3n) is 4.82. The molecule has 0 saturated heterocycles. The van der Waals surface area contributed by atoms with Gasteiger partial charge in [0.1, 0.15) is 5.75 Å². The number of aromatic nitrogens is 1. The van der Waals surface area contributed by atoms with Crippen LogP contribution in [-0.4, -0.2) is 17.2 Å². The third kappa shape index (κ3) is 3.20. The number of aliphatic hydroxyl groups is 1. The van der Waals surface area contributed by atoms with Crippen molar-refractivity contribution in [2.75, 3.05) is 12.4 Å². The number of hydrogen-bond donors (Lipinski definition) is 2. The van der Waals surface area contributed by atoms with Gasteiger partial charge in [-0.25, -0.2) is 4.98 Å². The number of rotatable bonds is 4. The van der Waals surface area contributed by atoms with E-state index in [1.807, 2.05) is 37.3 Å². The van der Waals surface area contributed by atoms with Crippen LogP contribution in [0.2, 0.25) is 0 Å². The molecule has 4 heteroatoms. The van der Waals surface area contributed by atoms with E-state index < -0.39 is 0 Å². The van der Waals surface area contributed by atoms with Crippen molar-refractivity contribution in [2.45, 2.75) is 20.5 Å². The van der Waals surface area contributed by atoms with Crippen LogP contribution in [0.3, 0.4) is 0 Å². The van der Waals surface area contributed by atoms with Crippen molar-refractivity contribution < 1.29 is 9.84 Å². The SMILES string of the molecule is COc1cc2nc3cc(C)ccc3c(Nc3cccc(CO)c3)c2cc1C. The van der Waals surface area contributed by atoms with E-state index in [9.17, 15) is 5.11 Å². The van der Waals surface area contributed by atoms with Crippen LogP contribution in [0.1, 0.15) is 16.7 Å². The first-order valence-corrected chi connectivity index (χ1v) is 8.94. The summed E-state index contributed by atoms with van der Waals surface area (Å²) in [5.41, 5.74) is 6.87. The summed E-state index contributed by atoms with van der Waals surface area (Å²) in [4.78, 5) is 4.86. The van der Waals surface area contributed by atoms with Crippen LogP contribution in [0.4, 0.5) is 11.4 Å². The molecule has 0 amide bonds. The Morgan fingerprint density at radius 1 is 0.963 bits per heavy atom. The molecule has 1 heterocycles. The van der Waals surface area contributed by atoms with Gasteiger partial charge in [0, 0.05) is 22.5 Å². The second-order valence-corrected chi connectivity index (χ2v) is 6.83. The minimum atomic E-state index is 0.0167. The summed E-state index contributed by atoms with van der Waals surface area (Å²) in [6, 6.07) is 18.2. The number of aliphatic hydroxyl groups excluding tert-OH is 1. The number of nitrogens with one attached hydrogen (secondary N) is 1. The summed E-state index contributed by atoms with van der Waals surface area (Å²) in [6.07, 6.45) is 0. The minimum absolute atomic E-state index is 0.0167. The van der Waals surface area contributed by atoms with E-state index in [2.05, 4.69) is 36.5 Å². The Hall–Kier alpha value is -3.11. The standard InChI is InChI=1S/C23H22N2O2/c1-14-7-8-18-20(9-14)25-21-12-22(27-3)15(2)10-19(21)23(18)24-17-6-4-5-16(11-17)13-26/h4-12,26H,13H2,1-3H3,(H,24,25). The molecule has 3 aromatic carbocycles. The molecule has 4 aromatic rings. The molecule has 2 N–H and O–H groups in total. The van der Waals surface area contributed by atoms with Crippen LogP contribution in [-0.2, 0) is 6.61 Å². The zero-order chi connectivity index (χ0) is 19.0. The number of benzene rings is 3. The smallest absolute Gasteiger partial charge is 0.123 e. The maximum atomic E-state index is 9.44. The number of nitrogens with zero attached hydrogens (tertiary/aromatic N) is 1. The lowest BCUT2D eigenvalue weighted by molar-refractivity contribution is 0.282. The van der Waals surface area contributed by atoms with E-state index >= 15 is 0 Å². The van der Waals surface area contributed by atoms with Crippen molar-refractivity contribution in [2.24, 2.45) is 0 Å². The Balaban J connectivity index is 2.00. The Labute approximate surface area is 158 Å². The second-order valence-electron chi connectivity index (χ2n) is 6.83. The molecule has 0 aliphatic heterocycles. The summed E-state index contributed by atoms with van der Waals surface area (Å²) in [5, 5.41) is 15.1. The molecular formula is C23H22N2O2. The first-order valence-electron chi connectivity index (χ1n) is 8.94. The highest BCUT2D eigenvalue weighted by Gasteiger charge is 2.13. The number of pyridine rings is 1. The summed E-state index contributed by atoms with van der Waals surface area (Å²) in [7, 11) is 1.68. The van der Waals surface area contributed by atoms with E-state index in [0.29, 0.717) is 0 Å². The first-order chi connectivity index (χ1) is 13.1. The molecule has 0 atom stereocenters. The highest BCUT2D eigenvalue weighted by Crippen LogP contribution is 2.36. The number of methoxy groups -OCH3 is 1. The molecule has 0 radical (unpaired) electrons. The number of aryl methyl sites for hydroxylation is 2. The predicted molar refractivity (Wildman–Crippen MR) is 111 cm³/mol. The van der Waals surface area contributed by atoms with Gasteiger partial charge in [-0.3, -0.25) is 0 Å². The zero-order valence-corrected chi connectivity index (χ0v) is 15.7. The highest BCUT2D eigenvalue weighted by molar-refractivity contribution is 6.09. The Bertz CT molecular complexity index is 1150. The first kappa shape index (κ1) is 17.3. The molecule has 0 saturated carbocycles. The maximum absolute atomic E-state index is 9.44. The molecule has 0 fully saturated rings. The number of fused-ring (bicyclic) bond motifs is 2. The second kappa shape index (κ2) is 6.89. The summed E-state index contributed by atoms with van der Waals surface area (Å²) in [5.74, 6) is 0.829. The van der Waals surface area contributed by atoms with Gasteiger partial charge < -0.3 is 15.2 Å². The van der Waals surface area contributed by atoms with Gasteiger partial charge in [0.05, 0.1) is 30.4 Å². The van der Waals surface area contributed by atoms with Crippen molar-refractivity contribution in [3.05, 3.63) is 71.3 Å². The van der Waals surface area contributed by atoms with Gasteiger partial charge >= 0.3 is 0 Å². The number of hydrogen-bond acceptors (Lipinski definition) is 4. The molecule has 0 aliphatic carbocycles. The molecule has 0 unspecified atom stereocenters. The van der Waals surface area contributed by atoms with Crippen LogP contribution in [0.15, 0.2) is 54.6 Å². The molecule has 27 heavy (non-hydrogen) atoms. The van der Waals surface area contributed by atoms with Crippen LogP contribution >= 0.6 is 0 Å². The fourth-order valence-corrected chi connectivity index (χ4v) is 3.44. The van der Waals surface area contributed by atoms with E-state index in [0.717, 1.165) is 50.1 Å². The summed E-state index contributed by atoms with van der Waals surface area (Å²) >= 11 is 0. The lowest BCUT2D eigenvalue weighted by atomic mass is 10.0. The largest absolute Gasteiger partial charge is 0.496 e. The fourth-order valence-electron chi connectivity index (χ4n) is 3.44. The number of ether oxygens (including phenoxy) is 1. The van der Waals surface area contributed by atoms with Crippen LogP contribution in [0.25, 0.3) is 21.8 Å². The normalized spacial score (nSPS) is 11.1. The van der Waals surface area contributed by atoms with E-state index in [4.69, 9.17) is 9.72 Å². The molecule has 136 valence electrons. The lowest BCUT2D eigenvalue weighted by Gasteiger charge is -2.16. The molecular weight excluding hydrogens is 336 g/mol. The molecule has 0 aliphatic rings. The van der Waals surface area contributed by atoms with Gasteiger partial charge in [0.2, 0.25) is 0 Å². The Kier molecular flexibility index (Phi) is 4.42. The molecule has 1 aromatic heterocycles. The fraction of sp³-hybridized carbons (Fsp3) is 0.174. The van der Waals surface area contributed by atoms with Gasteiger partial charge in [-0.1, -0.05) is 24.3 Å². The van der Waals surface area contributed by atoms with E-state index in [1.165, 1.54) is 5.56 Å². The van der Waals surface area contributed by atoms with Crippen LogP contribution < -0.4 is 10.1 Å². The van der Waals surface area contributed by atoms with Crippen molar-refractivity contribution in [3.8, 4) is 5.75 Å². The van der Waals surface area contributed by atoms with Gasteiger partial charge in [0.15, 0.2) is 0 Å². The summed E-state index contributed by atoms with van der Waals surface area (Å²) < 4.78 is 5.49. The van der Waals surface area contributed by atoms with Gasteiger partial charge in [0.25, 0.3) is 0 Å². The van der Waals surface area contributed by atoms with Crippen molar-refractivity contribution >= 4 is 33.2 Å². The topological polar surface area (TPSA) is 54.4 Å². The van der Waals surface area contributed by atoms with Crippen molar-refractivity contribution in [1.29, 1.82) is 0 Å². The molecule has 0 bridgehead atoms. The summed E-state index contributed by atoms with van der Waals surface area (Å²) in [6.45, 7) is 4.12. The average molecular weight is 358 g/mol. The minimum Gasteiger partial charge on any atom is -0.496 e. The zero-order valence-electron chi connectivity index (χ0n) is 15.7. The maximum Gasteiger partial charge on any atom is 0.123 e. The van der Waals surface area contributed by atoms with Gasteiger partial charge in [-0.05, 0) is 54.8 Å². The molecule has 4 nitrogen and oxygen atoms in total. The van der Waals surface area contributed by atoms with Crippen molar-refractivity contribution in [1.82, 2.24) is 4.98 Å². The Morgan fingerprint density at radius 3 is 2.56 bits per heavy atom. The average Bonchev–Trinajstić information content (AvgIpc) is 2.67. The quantitative estimate of drug-likeness (QED) is 0.489. The highest BCUT2D eigenvalue weighted by atomic mass is 16.5. The van der Waals surface area contributed by atoms with E-state index in [1.54, 1.807) is 7.11 Å². The van der Waals surface area contributed by atoms with Gasteiger partial charge in [-0.2, -0.15) is 0 Å². The Morgan fingerprint density at radius 2 is 1.78 bits per heavy atom. The lowest BCUT2D eigenvalue weighted by Crippen LogP contribution is -1.98. The molecule has 0 spiro atoms. The van der Waals surface area contributed by atoms with Crippen molar-refractivity contribution in [3.63, 3.8) is 0 Å². The predicted octanol–water partition coefficient (Wildman–Crippen LogP) is 5.25. The number of anilines is 2. The van der Waals surface area contributed by atoms with Crippen LogP contribution in [0.5, 0.6) is 5.75 Å². The van der Waals surface area contributed by atoms with Gasteiger partial charge in [-0.15, -0.1) is 0 Å². The van der Waals surface area contributed by atoms with Crippen LogP contribution in [0, 0.1) is 13.8 Å². The third-order valence-corrected chi connectivity index (χ3v) is 4.82. The monoisotopic (exact) mass is 358 g/mol.